The van der Waals surface area contributed by atoms with Gasteiger partial charge in [0.15, 0.2) is 5.78 Å². The maximum Gasteiger partial charge on any atom is 0.166 e. The van der Waals surface area contributed by atoms with Gasteiger partial charge >= 0.3 is 0 Å². The van der Waals surface area contributed by atoms with Crippen molar-refractivity contribution in [3.8, 4) is 6.07 Å². The maximum absolute atomic E-state index is 11.6. The van der Waals surface area contributed by atoms with Crippen molar-refractivity contribution < 1.29 is 4.79 Å². The molecule has 15 heavy (non-hydrogen) atoms. The Labute approximate surface area is 90.3 Å². The summed E-state index contributed by atoms with van der Waals surface area (Å²) in [6.45, 7) is 4.60. The number of Topliss-reactive ketones (excluding diaryl/α,β-unsaturated/α-hetero) is 1. The zero-order valence-electron chi connectivity index (χ0n) is 9.23. The van der Waals surface area contributed by atoms with E-state index in [1.165, 1.54) is 0 Å². The van der Waals surface area contributed by atoms with Crippen molar-refractivity contribution in [2.24, 2.45) is 5.92 Å². The molecule has 0 aliphatic rings. The van der Waals surface area contributed by atoms with Crippen LogP contribution >= 0.6 is 0 Å². The molecule has 80 valence electrons. The Bertz CT molecular complexity index is 371. The summed E-state index contributed by atoms with van der Waals surface area (Å²) >= 11 is 0. The van der Waals surface area contributed by atoms with Crippen molar-refractivity contribution in [1.29, 1.82) is 5.26 Å². The standard InChI is InChI=1S/C12H16N2O/c1-10(2)12(15)11-5-8-14(9-11)7-4-3-6-13/h5,8-10H,3-4,7H2,1-2H3. The zero-order chi connectivity index (χ0) is 11.3. The highest BCUT2D eigenvalue weighted by Gasteiger charge is 2.11. The van der Waals surface area contributed by atoms with Gasteiger partial charge < -0.3 is 4.57 Å². The summed E-state index contributed by atoms with van der Waals surface area (Å²) in [6, 6.07) is 3.95. The third-order valence-electron chi connectivity index (χ3n) is 2.26. The van der Waals surface area contributed by atoms with Crippen LogP contribution in [0.5, 0.6) is 0 Å². The van der Waals surface area contributed by atoms with Crippen LogP contribution in [-0.4, -0.2) is 10.4 Å². The third kappa shape index (κ3) is 3.25. The number of nitriles is 1. The second-order valence-corrected chi connectivity index (χ2v) is 3.92. The molecule has 0 fully saturated rings. The summed E-state index contributed by atoms with van der Waals surface area (Å²) in [6.07, 6.45) is 5.15. The molecule has 0 aliphatic heterocycles. The van der Waals surface area contributed by atoms with Crippen LogP contribution in [0, 0.1) is 17.2 Å². The average molecular weight is 204 g/mol. The van der Waals surface area contributed by atoms with Gasteiger partial charge in [0.2, 0.25) is 0 Å². The van der Waals surface area contributed by atoms with Crippen molar-refractivity contribution in [3.05, 3.63) is 24.0 Å². The number of hydrogen-bond acceptors (Lipinski definition) is 2. The van der Waals surface area contributed by atoms with Gasteiger partial charge in [-0.2, -0.15) is 5.26 Å². The van der Waals surface area contributed by atoms with E-state index < -0.39 is 0 Å². The second-order valence-electron chi connectivity index (χ2n) is 3.92. The first-order chi connectivity index (χ1) is 7.15. The molecular formula is C12H16N2O. The lowest BCUT2D eigenvalue weighted by Gasteiger charge is -2.01. The van der Waals surface area contributed by atoms with Crippen LogP contribution in [-0.2, 0) is 6.54 Å². The quantitative estimate of drug-likeness (QED) is 0.546. The Morgan fingerprint density at radius 1 is 1.60 bits per heavy atom. The predicted molar refractivity (Wildman–Crippen MR) is 58.4 cm³/mol. The fraction of sp³-hybridized carbons (Fsp3) is 0.500. The summed E-state index contributed by atoms with van der Waals surface area (Å²) in [4.78, 5) is 11.6. The lowest BCUT2D eigenvalue weighted by molar-refractivity contribution is 0.0939. The largest absolute Gasteiger partial charge is 0.353 e. The number of carbonyl (C=O) groups is 1. The minimum atomic E-state index is 0.0416. The van der Waals surface area contributed by atoms with E-state index in [0.717, 1.165) is 18.5 Å². The van der Waals surface area contributed by atoms with Gasteiger partial charge in [-0.3, -0.25) is 4.79 Å². The van der Waals surface area contributed by atoms with Crippen molar-refractivity contribution in [2.75, 3.05) is 0 Å². The molecule has 0 radical (unpaired) electrons. The van der Waals surface area contributed by atoms with Gasteiger partial charge in [0.05, 0.1) is 6.07 Å². The normalized spacial score (nSPS) is 10.3. The molecule has 3 heteroatoms. The summed E-state index contributed by atoms with van der Waals surface area (Å²) in [5.74, 6) is 0.217. The molecule has 1 aromatic heterocycles. The Balaban J connectivity index is 2.57. The summed E-state index contributed by atoms with van der Waals surface area (Å²) in [5, 5.41) is 8.40. The van der Waals surface area contributed by atoms with Gasteiger partial charge in [-0.05, 0) is 12.5 Å². The monoisotopic (exact) mass is 204 g/mol. The number of aromatic nitrogens is 1. The number of hydrogen-bond donors (Lipinski definition) is 0. The van der Waals surface area contributed by atoms with E-state index in [1.807, 2.05) is 36.9 Å². The van der Waals surface area contributed by atoms with Gasteiger partial charge in [0.25, 0.3) is 0 Å². The molecule has 3 nitrogen and oxygen atoms in total. The van der Waals surface area contributed by atoms with E-state index in [2.05, 4.69) is 6.07 Å². The molecule has 1 rings (SSSR count). The van der Waals surface area contributed by atoms with Crippen LogP contribution in [0.2, 0.25) is 0 Å². The highest BCUT2D eigenvalue weighted by atomic mass is 16.1. The lowest BCUT2D eigenvalue weighted by Crippen LogP contribution is -2.06. The van der Waals surface area contributed by atoms with Crippen LogP contribution in [0.3, 0.4) is 0 Å². The van der Waals surface area contributed by atoms with Gasteiger partial charge in [0, 0.05) is 36.8 Å². The maximum atomic E-state index is 11.6. The molecule has 0 aliphatic carbocycles. The van der Waals surface area contributed by atoms with Crippen LogP contribution in [0.25, 0.3) is 0 Å². The van der Waals surface area contributed by atoms with Crippen molar-refractivity contribution in [1.82, 2.24) is 4.57 Å². The summed E-state index contributed by atoms with van der Waals surface area (Å²) in [5.41, 5.74) is 0.766. The molecule has 1 aromatic rings. The number of aryl methyl sites for hydroxylation is 1. The molecular weight excluding hydrogens is 188 g/mol. The van der Waals surface area contributed by atoms with E-state index in [9.17, 15) is 4.79 Å². The molecule has 0 unspecified atom stereocenters. The minimum absolute atomic E-state index is 0.0416. The van der Waals surface area contributed by atoms with Gasteiger partial charge in [0.1, 0.15) is 0 Å². The Morgan fingerprint density at radius 2 is 2.33 bits per heavy atom. The Hall–Kier alpha value is -1.56. The Morgan fingerprint density at radius 3 is 2.93 bits per heavy atom. The molecule has 0 saturated carbocycles. The average Bonchev–Trinajstić information content (AvgIpc) is 2.65. The summed E-state index contributed by atoms with van der Waals surface area (Å²) < 4.78 is 1.97. The molecule has 0 amide bonds. The third-order valence-corrected chi connectivity index (χ3v) is 2.26. The molecule has 0 bridgehead atoms. The van der Waals surface area contributed by atoms with Crippen LogP contribution in [0.1, 0.15) is 37.0 Å². The lowest BCUT2D eigenvalue weighted by atomic mass is 10.0. The topological polar surface area (TPSA) is 45.8 Å². The van der Waals surface area contributed by atoms with E-state index in [-0.39, 0.29) is 11.7 Å². The molecule has 1 heterocycles. The van der Waals surface area contributed by atoms with E-state index >= 15 is 0 Å². The number of nitrogens with zero attached hydrogens (tertiary/aromatic N) is 2. The van der Waals surface area contributed by atoms with Crippen molar-refractivity contribution >= 4 is 5.78 Å². The minimum Gasteiger partial charge on any atom is -0.353 e. The molecule has 0 saturated heterocycles. The van der Waals surface area contributed by atoms with E-state index in [1.54, 1.807) is 0 Å². The highest BCUT2D eigenvalue weighted by Crippen LogP contribution is 2.09. The predicted octanol–water partition coefficient (Wildman–Crippen LogP) is 2.63. The molecule has 0 aromatic carbocycles. The van der Waals surface area contributed by atoms with Crippen molar-refractivity contribution in [3.63, 3.8) is 0 Å². The van der Waals surface area contributed by atoms with Crippen LogP contribution in [0.4, 0.5) is 0 Å². The zero-order valence-corrected chi connectivity index (χ0v) is 9.23. The number of ketones is 1. The number of rotatable bonds is 5. The first-order valence-electron chi connectivity index (χ1n) is 5.22. The smallest absolute Gasteiger partial charge is 0.166 e. The fourth-order valence-corrected chi connectivity index (χ4v) is 1.40. The highest BCUT2D eigenvalue weighted by molar-refractivity contribution is 5.97. The Kier molecular flexibility index (Phi) is 4.11. The van der Waals surface area contributed by atoms with Crippen LogP contribution < -0.4 is 0 Å². The van der Waals surface area contributed by atoms with Gasteiger partial charge in [-0.15, -0.1) is 0 Å². The van der Waals surface area contributed by atoms with Gasteiger partial charge in [-0.25, -0.2) is 0 Å². The van der Waals surface area contributed by atoms with E-state index in [0.29, 0.717) is 6.42 Å². The molecule has 0 atom stereocenters. The molecule has 0 spiro atoms. The first kappa shape index (κ1) is 11.5. The summed E-state index contributed by atoms with van der Waals surface area (Å²) in [7, 11) is 0. The van der Waals surface area contributed by atoms with E-state index in [4.69, 9.17) is 5.26 Å². The van der Waals surface area contributed by atoms with Crippen molar-refractivity contribution in [2.45, 2.75) is 33.2 Å². The molecule has 0 N–H and O–H groups in total. The SMILES string of the molecule is CC(C)C(=O)c1ccn(CCCC#N)c1. The number of unbranched alkanes of at least 4 members (excludes halogenated alkanes) is 1. The second kappa shape index (κ2) is 5.35. The fourth-order valence-electron chi connectivity index (χ4n) is 1.40. The van der Waals surface area contributed by atoms with Crippen LogP contribution in [0.15, 0.2) is 18.5 Å². The van der Waals surface area contributed by atoms with Gasteiger partial charge in [-0.1, -0.05) is 13.8 Å². The number of carbonyl (C=O) groups excluding carboxylic acids is 1. The first-order valence-corrected chi connectivity index (χ1v) is 5.22.